The van der Waals surface area contributed by atoms with Crippen molar-refractivity contribution in [3.8, 4) is 11.5 Å². The Hall–Kier alpha value is -4.77. The number of benzene rings is 3. The van der Waals surface area contributed by atoms with E-state index in [9.17, 15) is 24.8 Å². The fourth-order valence-corrected chi connectivity index (χ4v) is 5.51. The molecule has 1 aliphatic rings. The molecule has 1 unspecified atom stereocenters. The summed E-state index contributed by atoms with van der Waals surface area (Å²) in [5.74, 6) is -0.999. The number of carbonyl (C=O) groups is 2. The SMILES string of the molecule is CCCOc1cccc(/C(O)=C2\C(=O)C(=O)N(c3nc4ccc(OCC)cc4s3)C2c2ccc([N+](=O)[O-])cc2)c1. The molecule has 0 spiro atoms. The number of anilines is 1. The second-order valence-corrected chi connectivity index (χ2v) is 9.96. The number of thiazole rings is 1. The number of ketones is 1. The van der Waals surface area contributed by atoms with Crippen LogP contribution in [0.2, 0.25) is 0 Å². The summed E-state index contributed by atoms with van der Waals surface area (Å²) in [5, 5.41) is 22.9. The van der Waals surface area contributed by atoms with Crippen LogP contribution in [0.1, 0.15) is 37.4 Å². The van der Waals surface area contributed by atoms with Crippen LogP contribution < -0.4 is 14.4 Å². The molecule has 11 heteroatoms. The number of hydrogen-bond acceptors (Lipinski definition) is 9. The van der Waals surface area contributed by atoms with Crippen LogP contribution in [0.4, 0.5) is 10.8 Å². The lowest BCUT2D eigenvalue weighted by molar-refractivity contribution is -0.384. The summed E-state index contributed by atoms with van der Waals surface area (Å²) in [7, 11) is 0. The Morgan fingerprint density at radius 2 is 1.80 bits per heavy atom. The van der Waals surface area contributed by atoms with Gasteiger partial charge in [0, 0.05) is 17.7 Å². The highest BCUT2D eigenvalue weighted by atomic mass is 32.1. The molecule has 1 saturated heterocycles. The first-order valence-corrected chi connectivity index (χ1v) is 13.5. The normalized spacial score (nSPS) is 16.4. The van der Waals surface area contributed by atoms with E-state index in [1.807, 2.05) is 13.8 Å². The largest absolute Gasteiger partial charge is 0.507 e. The van der Waals surface area contributed by atoms with Crippen LogP contribution in [-0.2, 0) is 9.59 Å². The highest BCUT2D eigenvalue weighted by molar-refractivity contribution is 7.22. The molecular formula is C29H25N3O7S. The number of fused-ring (bicyclic) bond motifs is 1. The van der Waals surface area contributed by atoms with Gasteiger partial charge in [-0.1, -0.05) is 30.4 Å². The molecule has 1 N–H and O–H groups in total. The zero-order valence-corrected chi connectivity index (χ0v) is 22.5. The summed E-state index contributed by atoms with van der Waals surface area (Å²) in [6.07, 6.45) is 0.787. The first-order chi connectivity index (χ1) is 19.3. The minimum atomic E-state index is -1.08. The third-order valence-electron chi connectivity index (χ3n) is 6.31. The lowest BCUT2D eigenvalue weighted by Gasteiger charge is -2.23. The molecule has 0 radical (unpaired) electrons. The average molecular weight is 560 g/mol. The van der Waals surface area contributed by atoms with E-state index in [0.717, 1.165) is 11.1 Å². The summed E-state index contributed by atoms with van der Waals surface area (Å²) in [6.45, 7) is 4.80. The monoisotopic (exact) mass is 559 g/mol. The molecule has 1 aliphatic heterocycles. The zero-order chi connectivity index (χ0) is 28.4. The van der Waals surface area contributed by atoms with E-state index in [-0.39, 0.29) is 22.2 Å². The molecule has 10 nitrogen and oxygen atoms in total. The van der Waals surface area contributed by atoms with Crippen molar-refractivity contribution in [3.63, 3.8) is 0 Å². The summed E-state index contributed by atoms with van der Waals surface area (Å²) < 4.78 is 12.0. The summed E-state index contributed by atoms with van der Waals surface area (Å²) in [4.78, 5) is 43.6. The van der Waals surface area contributed by atoms with Gasteiger partial charge in [-0.05, 0) is 61.4 Å². The highest BCUT2D eigenvalue weighted by Crippen LogP contribution is 2.45. The van der Waals surface area contributed by atoms with Crippen molar-refractivity contribution in [2.24, 2.45) is 0 Å². The zero-order valence-electron chi connectivity index (χ0n) is 21.7. The summed E-state index contributed by atoms with van der Waals surface area (Å²) in [6, 6.07) is 16.4. The maximum Gasteiger partial charge on any atom is 0.301 e. The molecule has 1 amide bonds. The number of aliphatic hydroxyl groups is 1. The average Bonchev–Trinajstić information content (AvgIpc) is 3.49. The van der Waals surface area contributed by atoms with Gasteiger partial charge >= 0.3 is 5.91 Å². The van der Waals surface area contributed by atoms with Crippen LogP contribution in [0, 0.1) is 10.1 Å². The fourth-order valence-electron chi connectivity index (χ4n) is 4.48. The van der Waals surface area contributed by atoms with Gasteiger partial charge in [-0.15, -0.1) is 0 Å². The van der Waals surface area contributed by atoms with Crippen LogP contribution in [0.3, 0.4) is 0 Å². The van der Waals surface area contributed by atoms with Gasteiger partial charge in [0.25, 0.3) is 11.5 Å². The third kappa shape index (κ3) is 4.98. The summed E-state index contributed by atoms with van der Waals surface area (Å²) in [5.41, 5.74) is 1.00. The predicted molar refractivity (Wildman–Crippen MR) is 151 cm³/mol. The van der Waals surface area contributed by atoms with Crippen molar-refractivity contribution in [1.82, 2.24) is 4.98 Å². The van der Waals surface area contributed by atoms with Crippen molar-refractivity contribution in [1.29, 1.82) is 0 Å². The molecule has 0 saturated carbocycles. The number of aromatic nitrogens is 1. The number of nitro groups is 1. The Kier molecular flexibility index (Phi) is 7.47. The van der Waals surface area contributed by atoms with Gasteiger partial charge in [0.1, 0.15) is 17.3 Å². The van der Waals surface area contributed by atoms with Crippen LogP contribution in [0.25, 0.3) is 16.0 Å². The van der Waals surface area contributed by atoms with Gasteiger partial charge in [0.15, 0.2) is 5.13 Å². The predicted octanol–water partition coefficient (Wildman–Crippen LogP) is 6.02. The van der Waals surface area contributed by atoms with Crippen molar-refractivity contribution < 1.29 is 29.1 Å². The molecule has 40 heavy (non-hydrogen) atoms. The van der Waals surface area contributed by atoms with E-state index in [2.05, 4.69) is 4.98 Å². The smallest absolute Gasteiger partial charge is 0.301 e. The third-order valence-corrected chi connectivity index (χ3v) is 7.33. The number of ether oxygens (including phenoxy) is 2. The molecule has 1 fully saturated rings. The first-order valence-electron chi connectivity index (χ1n) is 12.6. The Labute approximate surface area is 233 Å². The van der Waals surface area contributed by atoms with E-state index in [0.29, 0.717) is 41.4 Å². The lowest BCUT2D eigenvalue weighted by Crippen LogP contribution is -2.29. The Morgan fingerprint density at radius 1 is 1.05 bits per heavy atom. The molecule has 0 aliphatic carbocycles. The number of carbonyl (C=O) groups excluding carboxylic acids is 2. The second kappa shape index (κ2) is 11.1. The quantitative estimate of drug-likeness (QED) is 0.0866. The number of amides is 1. The van der Waals surface area contributed by atoms with E-state index in [1.165, 1.54) is 40.5 Å². The van der Waals surface area contributed by atoms with Crippen molar-refractivity contribution in [3.05, 3.63) is 93.5 Å². The van der Waals surface area contributed by atoms with Crippen LogP contribution in [0.15, 0.2) is 72.3 Å². The molecular weight excluding hydrogens is 534 g/mol. The van der Waals surface area contributed by atoms with E-state index in [4.69, 9.17) is 9.47 Å². The molecule has 2 heterocycles. The number of nitrogens with zero attached hydrogens (tertiary/aromatic N) is 3. The molecule has 204 valence electrons. The van der Waals surface area contributed by atoms with Crippen molar-refractivity contribution in [2.45, 2.75) is 26.3 Å². The molecule has 4 aromatic rings. The Morgan fingerprint density at radius 3 is 2.50 bits per heavy atom. The molecule has 3 aromatic carbocycles. The van der Waals surface area contributed by atoms with Crippen molar-refractivity contribution >= 4 is 49.8 Å². The molecule has 1 aromatic heterocycles. The summed E-state index contributed by atoms with van der Waals surface area (Å²) >= 11 is 1.20. The number of non-ortho nitro benzene ring substituents is 1. The second-order valence-electron chi connectivity index (χ2n) is 8.95. The Bertz CT molecular complexity index is 1650. The van der Waals surface area contributed by atoms with Gasteiger partial charge < -0.3 is 14.6 Å². The lowest BCUT2D eigenvalue weighted by atomic mass is 9.95. The van der Waals surface area contributed by atoms with Gasteiger partial charge in [-0.2, -0.15) is 0 Å². The van der Waals surface area contributed by atoms with Gasteiger partial charge in [0.2, 0.25) is 0 Å². The minimum Gasteiger partial charge on any atom is -0.507 e. The highest BCUT2D eigenvalue weighted by Gasteiger charge is 2.48. The maximum absolute atomic E-state index is 13.5. The number of nitro benzene ring substituents is 1. The number of rotatable bonds is 9. The maximum atomic E-state index is 13.5. The minimum absolute atomic E-state index is 0.148. The van der Waals surface area contributed by atoms with E-state index in [1.54, 1.807) is 42.5 Å². The van der Waals surface area contributed by atoms with Gasteiger partial charge in [-0.3, -0.25) is 24.6 Å². The molecule has 5 rings (SSSR count). The van der Waals surface area contributed by atoms with Crippen LogP contribution in [-0.4, -0.2) is 39.9 Å². The number of Topliss-reactive ketones (excluding diaryl/α,β-unsaturated/α-hetero) is 1. The molecule has 1 atom stereocenters. The topological polar surface area (TPSA) is 132 Å². The van der Waals surface area contributed by atoms with Crippen molar-refractivity contribution in [2.75, 3.05) is 18.1 Å². The van der Waals surface area contributed by atoms with E-state index >= 15 is 0 Å². The van der Waals surface area contributed by atoms with E-state index < -0.39 is 22.7 Å². The van der Waals surface area contributed by atoms with Gasteiger partial charge in [0.05, 0.1) is 40.0 Å². The van der Waals surface area contributed by atoms with Crippen LogP contribution >= 0.6 is 11.3 Å². The standard InChI is InChI=1S/C29H25N3O7S/c1-3-14-39-20-7-5-6-18(15-20)26(33)24-25(17-8-10-19(11-9-17)32(36)37)31(28(35)27(24)34)29-30-22-13-12-21(38-4-2)16-23(22)40-29/h5-13,15-16,25,33H,3-4,14H2,1-2H3/b26-24+. The first kappa shape index (κ1) is 26.8. The fraction of sp³-hybridized carbons (Fsp3) is 0.207. The Balaban J connectivity index is 1.66. The number of aliphatic hydroxyl groups excluding tert-OH is 1. The van der Waals surface area contributed by atoms with Gasteiger partial charge in [-0.25, -0.2) is 4.98 Å². The molecule has 0 bridgehead atoms. The number of hydrogen-bond donors (Lipinski definition) is 1. The van der Waals surface area contributed by atoms with Crippen LogP contribution in [0.5, 0.6) is 11.5 Å².